The van der Waals surface area contributed by atoms with E-state index in [1.807, 2.05) is 55.5 Å². The number of benzene rings is 2. The molecule has 3 aromatic rings. The Kier molecular flexibility index (Phi) is 6.46. The van der Waals surface area contributed by atoms with Gasteiger partial charge in [0, 0.05) is 17.4 Å². The molecule has 1 unspecified atom stereocenters. The highest BCUT2D eigenvalue weighted by Gasteiger charge is 2.18. The summed E-state index contributed by atoms with van der Waals surface area (Å²) in [4.78, 5) is 19.3. The number of hydrogen-bond acceptors (Lipinski definition) is 6. The van der Waals surface area contributed by atoms with Crippen molar-refractivity contribution in [3.8, 4) is 17.4 Å². The number of para-hydroxylation sites is 1. The fourth-order valence-corrected chi connectivity index (χ4v) is 3.61. The van der Waals surface area contributed by atoms with Gasteiger partial charge in [0.25, 0.3) is 0 Å². The second kappa shape index (κ2) is 9.62. The van der Waals surface area contributed by atoms with Gasteiger partial charge in [-0.3, -0.25) is 9.56 Å². The zero-order valence-corrected chi connectivity index (χ0v) is 18.4. The van der Waals surface area contributed by atoms with E-state index in [0.717, 1.165) is 27.0 Å². The van der Waals surface area contributed by atoms with E-state index in [9.17, 15) is 15.0 Å². The molecule has 1 atom stereocenters. The lowest BCUT2D eigenvalue weighted by atomic mass is 10.1. The molecule has 170 valence electrons. The van der Waals surface area contributed by atoms with Gasteiger partial charge in [0.05, 0.1) is 19.3 Å². The number of nitrogens with one attached hydrogen (secondary N) is 1. The van der Waals surface area contributed by atoms with Gasteiger partial charge in [-0.2, -0.15) is 0 Å². The average Bonchev–Trinajstić information content (AvgIpc) is 3.34. The first-order valence-electron chi connectivity index (χ1n) is 10.5. The summed E-state index contributed by atoms with van der Waals surface area (Å²) in [6.07, 6.45) is 6.15. The number of H-pyrrole nitrogens is 1. The van der Waals surface area contributed by atoms with E-state index in [4.69, 9.17) is 9.47 Å². The first-order chi connectivity index (χ1) is 16.0. The molecule has 1 aliphatic heterocycles. The van der Waals surface area contributed by atoms with Crippen molar-refractivity contribution in [2.45, 2.75) is 19.6 Å². The maximum Gasteiger partial charge on any atom is 0.328 e. The van der Waals surface area contributed by atoms with Crippen molar-refractivity contribution < 1.29 is 19.7 Å². The van der Waals surface area contributed by atoms with Crippen molar-refractivity contribution in [2.24, 2.45) is 4.99 Å². The second-order valence-electron chi connectivity index (χ2n) is 7.53. The van der Waals surface area contributed by atoms with Crippen molar-refractivity contribution in [3.05, 3.63) is 75.8 Å². The van der Waals surface area contributed by atoms with Gasteiger partial charge >= 0.3 is 5.69 Å². The summed E-state index contributed by atoms with van der Waals surface area (Å²) >= 11 is 0. The Morgan fingerprint density at radius 2 is 2.03 bits per heavy atom. The minimum atomic E-state index is -1.04. The highest BCUT2D eigenvalue weighted by atomic mass is 16.5. The molecule has 33 heavy (non-hydrogen) atoms. The molecule has 0 aliphatic carbocycles. The molecule has 3 N–H and O–H groups in total. The predicted molar refractivity (Wildman–Crippen MR) is 128 cm³/mol. The fourth-order valence-electron chi connectivity index (χ4n) is 3.61. The van der Waals surface area contributed by atoms with Crippen LogP contribution in [0.5, 0.6) is 17.4 Å². The molecule has 8 heteroatoms. The van der Waals surface area contributed by atoms with Gasteiger partial charge < -0.3 is 24.7 Å². The monoisotopic (exact) mass is 447 g/mol. The Balaban J connectivity index is 1.46. The molecule has 0 saturated carbocycles. The third-order valence-electron chi connectivity index (χ3n) is 5.21. The van der Waals surface area contributed by atoms with Gasteiger partial charge in [-0.05, 0) is 36.8 Å². The van der Waals surface area contributed by atoms with Crippen LogP contribution in [0.1, 0.15) is 23.7 Å². The molecule has 0 amide bonds. The zero-order chi connectivity index (χ0) is 23.4. The van der Waals surface area contributed by atoms with E-state index in [1.54, 1.807) is 25.5 Å². The first-order valence-corrected chi connectivity index (χ1v) is 10.5. The number of aliphatic hydroxyl groups excluding tert-OH is 1. The maximum atomic E-state index is 12.4. The smallest absolute Gasteiger partial charge is 0.328 e. The number of allylic oxidation sites excluding steroid dienone is 2. The van der Waals surface area contributed by atoms with E-state index in [1.165, 1.54) is 0 Å². The number of imidazole rings is 1. The number of nitrogens with zero attached hydrogens (tertiary/aromatic N) is 2. The van der Waals surface area contributed by atoms with E-state index in [-0.39, 0.29) is 24.7 Å². The molecule has 8 nitrogen and oxygen atoms in total. The van der Waals surface area contributed by atoms with Gasteiger partial charge in [0.2, 0.25) is 5.88 Å². The molecule has 0 radical (unpaired) electrons. The number of rotatable bonds is 8. The number of aliphatic hydroxyl groups is 1. The fraction of sp³-hybridized carbons (Fsp3) is 0.200. The van der Waals surface area contributed by atoms with Crippen LogP contribution in [-0.2, 0) is 6.54 Å². The summed E-state index contributed by atoms with van der Waals surface area (Å²) < 4.78 is 12.1. The Labute approximate surface area is 190 Å². The van der Waals surface area contributed by atoms with Gasteiger partial charge in [0.15, 0.2) is 11.5 Å². The van der Waals surface area contributed by atoms with Crippen LogP contribution in [0.25, 0.3) is 17.7 Å². The molecule has 2 aromatic carbocycles. The number of aromatic nitrogens is 2. The SMILES string of the molecule is CC=Cc1ccc(OCC(O)Cn2c(O)c(C=C3C=Nc4ccccc43)[nH]c2=O)c(OC)c1. The minimum absolute atomic E-state index is 0.0904. The Morgan fingerprint density at radius 3 is 2.82 bits per heavy atom. The summed E-state index contributed by atoms with van der Waals surface area (Å²) in [5.41, 5.74) is 3.18. The molecule has 0 spiro atoms. The first kappa shape index (κ1) is 22.2. The number of aromatic amines is 1. The van der Waals surface area contributed by atoms with E-state index in [0.29, 0.717) is 11.5 Å². The van der Waals surface area contributed by atoms with E-state index < -0.39 is 11.8 Å². The lowest BCUT2D eigenvalue weighted by molar-refractivity contribution is 0.0881. The van der Waals surface area contributed by atoms with Crippen molar-refractivity contribution in [1.29, 1.82) is 0 Å². The van der Waals surface area contributed by atoms with Crippen molar-refractivity contribution in [3.63, 3.8) is 0 Å². The van der Waals surface area contributed by atoms with Crippen molar-refractivity contribution in [1.82, 2.24) is 9.55 Å². The van der Waals surface area contributed by atoms with Gasteiger partial charge in [-0.15, -0.1) is 0 Å². The highest BCUT2D eigenvalue weighted by molar-refractivity contribution is 6.21. The molecule has 1 aromatic heterocycles. The maximum absolute atomic E-state index is 12.4. The minimum Gasteiger partial charge on any atom is -0.493 e. The summed E-state index contributed by atoms with van der Waals surface area (Å²) in [5.74, 6) is 0.740. The van der Waals surface area contributed by atoms with Crippen LogP contribution >= 0.6 is 0 Å². The summed E-state index contributed by atoms with van der Waals surface area (Å²) in [7, 11) is 1.54. The Bertz CT molecular complexity index is 1300. The highest BCUT2D eigenvalue weighted by Crippen LogP contribution is 2.33. The van der Waals surface area contributed by atoms with Crippen LogP contribution in [0.4, 0.5) is 5.69 Å². The van der Waals surface area contributed by atoms with Crippen molar-refractivity contribution in [2.75, 3.05) is 13.7 Å². The van der Waals surface area contributed by atoms with E-state index in [2.05, 4.69) is 9.98 Å². The number of aromatic hydroxyl groups is 1. The van der Waals surface area contributed by atoms with Crippen LogP contribution in [0, 0.1) is 0 Å². The Morgan fingerprint density at radius 1 is 1.21 bits per heavy atom. The second-order valence-corrected chi connectivity index (χ2v) is 7.53. The molecule has 0 fully saturated rings. The predicted octanol–water partition coefficient (Wildman–Crippen LogP) is 3.62. The molecular formula is C25H25N3O5. The normalized spacial score (nSPS) is 14.7. The topological polar surface area (TPSA) is 109 Å². The molecule has 1 aliphatic rings. The van der Waals surface area contributed by atoms with Crippen LogP contribution in [-0.4, -0.2) is 45.8 Å². The summed E-state index contributed by atoms with van der Waals surface area (Å²) in [5, 5.41) is 21.0. The number of hydrogen-bond donors (Lipinski definition) is 3. The van der Waals surface area contributed by atoms with Crippen LogP contribution in [0.15, 0.2) is 58.3 Å². The lowest BCUT2D eigenvalue weighted by Crippen LogP contribution is -2.28. The molecule has 0 bridgehead atoms. The standard InChI is InChI=1S/C25H25N3O5/c1-3-6-16-9-10-22(23(11-16)32-2)33-15-18(29)14-28-24(30)21(27-25(28)31)12-17-13-26-20-8-5-4-7-19(17)20/h3-13,18,29-30H,14-15H2,1-2H3,(H,27,31). The number of fused-ring (bicyclic) bond motifs is 1. The van der Waals surface area contributed by atoms with Crippen LogP contribution in [0.3, 0.4) is 0 Å². The summed E-state index contributed by atoms with van der Waals surface area (Å²) in [6.45, 7) is 1.69. The van der Waals surface area contributed by atoms with Gasteiger partial charge in [0.1, 0.15) is 18.4 Å². The van der Waals surface area contributed by atoms with Gasteiger partial charge in [-0.1, -0.05) is 36.4 Å². The molecule has 4 rings (SSSR count). The van der Waals surface area contributed by atoms with E-state index >= 15 is 0 Å². The number of ether oxygens (including phenoxy) is 2. The van der Waals surface area contributed by atoms with Crippen molar-refractivity contribution >= 4 is 29.6 Å². The Hall–Kier alpha value is -4.04. The van der Waals surface area contributed by atoms with Gasteiger partial charge in [-0.25, -0.2) is 4.79 Å². The number of methoxy groups -OCH3 is 1. The molecule has 2 heterocycles. The quantitative estimate of drug-likeness (QED) is 0.489. The molecule has 0 saturated heterocycles. The average molecular weight is 447 g/mol. The third kappa shape index (κ3) is 4.75. The third-order valence-corrected chi connectivity index (χ3v) is 5.21. The van der Waals surface area contributed by atoms with Crippen LogP contribution in [0.2, 0.25) is 0 Å². The van der Waals surface area contributed by atoms with Crippen LogP contribution < -0.4 is 15.2 Å². The largest absolute Gasteiger partial charge is 0.493 e. The lowest BCUT2D eigenvalue weighted by Gasteiger charge is -2.15. The zero-order valence-electron chi connectivity index (χ0n) is 18.4. The number of aliphatic imine (C=N–C) groups is 1. The molecular weight excluding hydrogens is 422 g/mol. The summed E-state index contributed by atoms with van der Waals surface area (Å²) in [6, 6.07) is 13.1.